The Morgan fingerprint density at radius 3 is 2.52 bits per heavy atom. The number of aromatic nitrogens is 4. The summed E-state index contributed by atoms with van der Waals surface area (Å²) in [6.07, 6.45) is 0.107. The number of hydrogen-bond donors (Lipinski definition) is 0. The molecule has 1 aromatic heterocycles. The lowest BCUT2D eigenvalue weighted by Crippen LogP contribution is -2.44. The number of rotatable bonds is 3. The first-order chi connectivity index (χ1) is 12.2. The highest BCUT2D eigenvalue weighted by Crippen LogP contribution is 2.28. The average Bonchev–Trinajstić information content (AvgIpc) is 3.12. The molecule has 128 valence electrons. The third-order valence-corrected chi connectivity index (χ3v) is 4.45. The summed E-state index contributed by atoms with van der Waals surface area (Å²) in [6, 6.07) is 18.5. The fourth-order valence-corrected chi connectivity index (χ4v) is 3.20. The first-order valence-electron chi connectivity index (χ1n) is 8.51. The third-order valence-electron chi connectivity index (χ3n) is 4.45. The van der Waals surface area contributed by atoms with Crippen molar-refractivity contribution in [2.24, 2.45) is 0 Å². The molecule has 2 atom stereocenters. The zero-order valence-corrected chi connectivity index (χ0v) is 14.4. The number of anilines is 1. The molecule has 0 amide bonds. The first-order valence-corrected chi connectivity index (χ1v) is 8.51. The van der Waals surface area contributed by atoms with Gasteiger partial charge in [-0.15, -0.1) is 0 Å². The maximum atomic E-state index is 6.14. The minimum Gasteiger partial charge on any atom is -0.367 e. The highest BCUT2D eigenvalue weighted by Gasteiger charge is 2.29. The van der Waals surface area contributed by atoms with Gasteiger partial charge in [0, 0.05) is 6.54 Å². The van der Waals surface area contributed by atoms with Crippen LogP contribution in [0.4, 0.5) is 5.95 Å². The molecule has 1 fully saturated rings. The molecule has 0 radical (unpaired) electrons. The lowest BCUT2D eigenvalue weighted by atomic mass is 10.1. The quantitative estimate of drug-likeness (QED) is 0.736. The smallest absolute Gasteiger partial charge is 0.250 e. The molecule has 25 heavy (non-hydrogen) atoms. The summed E-state index contributed by atoms with van der Waals surface area (Å²) >= 11 is 0. The van der Waals surface area contributed by atoms with Gasteiger partial charge in [0.2, 0.25) is 0 Å². The van der Waals surface area contributed by atoms with Gasteiger partial charge in [0.1, 0.15) is 6.10 Å². The van der Waals surface area contributed by atoms with Gasteiger partial charge in [-0.1, -0.05) is 53.1 Å². The second-order valence-electron chi connectivity index (χ2n) is 6.48. The second-order valence-corrected chi connectivity index (χ2v) is 6.48. The van der Waals surface area contributed by atoms with Gasteiger partial charge in [-0.2, -0.15) is 4.68 Å². The summed E-state index contributed by atoms with van der Waals surface area (Å²) in [5.74, 6) is 0.750. The molecule has 0 bridgehead atoms. The minimum absolute atomic E-state index is 0.00752. The van der Waals surface area contributed by atoms with Crippen molar-refractivity contribution >= 4 is 5.95 Å². The first kappa shape index (κ1) is 15.8. The molecule has 0 N–H and O–H groups in total. The van der Waals surface area contributed by atoms with E-state index in [0.29, 0.717) is 0 Å². The van der Waals surface area contributed by atoms with E-state index in [0.717, 1.165) is 24.7 Å². The molecule has 0 aliphatic carbocycles. The molecular formula is C19H21N5O. The van der Waals surface area contributed by atoms with Crippen LogP contribution in [0.1, 0.15) is 24.2 Å². The third kappa shape index (κ3) is 3.25. The number of hydrogen-bond acceptors (Lipinski definition) is 5. The fourth-order valence-electron chi connectivity index (χ4n) is 3.20. The topological polar surface area (TPSA) is 56.1 Å². The van der Waals surface area contributed by atoms with Crippen molar-refractivity contribution in [2.75, 3.05) is 18.0 Å². The standard InChI is InChI=1S/C19H21N5O/c1-14-8-10-17(11-9-14)24-19(20-21-22-24)23-12-15(2)25-18(13-23)16-6-4-3-5-7-16/h3-11,15,18H,12-13H2,1-2H3. The molecule has 1 saturated heterocycles. The second kappa shape index (κ2) is 6.64. The predicted octanol–water partition coefficient (Wildman–Crippen LogP) is 2.94. The molecule has 0 saturated carbocycles. The molecule has 6 nitrogen and oxygen atoms in total. The Labute approximate surface area is 147 Å². The van der Waals surface area contributed by atoms with E-state index in [4.69, 9.17) is 4.74 Å². The van der Waals surface area contributed by atoms with E-state index in [1.165, 1.54) is 11.1 Å². The summed E-state index contributed by atoms with van der Waals surface area (Å²) in [7, 11) is 0. The Bertz CT molecular complexity index is 831. The van der Waals surface area contributed by atoms with Crippen molar-refractivity contribution in [2.45, 2.75) is 26.1 Å². The Balaban J connectivity index is 1.63. The molecule has 2 aromatic carbocycles. The average molecular weight is 335 g/mol. The van der Waals surface area contributed by atoms with Crippen molar-refractivity contribution in [3.63, 3.8) is 0 Å². The van der Waals surface area contributed by atoms with Crippen LogP contribution >= 0.6 is 0 Å². The highest BCUT2D eigenvalue weighted by atomic mass is 16.5. The number of ether oxygens (including phenoxy) is 1. The molecule has 2 heterocycles. The Kier molecular flexibility index (Phi) is 4.19. The van der Waals surface area contributed by atoms with E-state index in [9.17, 15) is 0 Å². The van der Waals surface area contributed by atoms with Crippen molar-refractivity contribution in [3.8, 4) is 5.69 Å². The van der Waals surface area contributed by atoms with Gasteiger partial charge in [-0.05, 0) is 42.0 Å². The van der Waals surface area contributed by atoms with Gasteiger partial charge in [-0.3, -0.25) is 0 Å². The molecule has 1 aliphatic rings. The fraction of sp³-hybridized carbons (Fsp3) is 0.316. The monoisotopic (exact) mass is 335 g/mol. The zero-order chi connectivity index (χ0) is 17.2. The lowest BCUT2D eigenvalue weighted by molar-refractivity contribution is -0.0179. The normalized spacial score (nSPS) is 20.6. The summed E-state index contributed by atoms with van der Waals surface area (Å²) in [5.41, 5.74) is 3.34. The van der Waals surface area contributed by atoms with E-state index in [2.05, 4.69) is 58.5 Å². The van der Waals surface area contributed by atoms with Gasteiger partial charge >= 0.3 is 0 Å². The van der Waals surface area contributed by atoms with Crippen LogP contribution in [-0.2, 0) is 4.74 Å². The van der Waals surface area contributed by atoms with E-state index < -0.39 is 0 Å². The Hall–Kier alpha value is -2.73. The molecule has 3 aromatic rings. The molecule has 0 spiro atoms. The van der Waals surface area contributed by atoms with Crippen LogP contribution in [0.15, 0.2) is 54.6 Å². The largest absolute Gasteiger partial charge is 0.367 e. The van der Waals surface area contributed by atoms with Crippen LogP contribution in [0.2, 0.25) is 0 Å². The number of tetrazole rings is 1. The van der Waals surface area contributed by atoms with E-state index >= 15 is 0 Å². The van der Waals surface area contributed by atoms with Crippen molar-refractivity contribution in [1.29, 1.82) is 0 Å². The number of morpholine rings is 1. The predicted molar refractivity (Wildman–Crippen MR) is 95.8 cm³/mol. The zero-order valence-electron chi connectivity index (χ0n) is 14.4. The lowest BCUT2D eigenvalue weighted by Gasteiger charge is -2.37. The molecule has 1 aliphatic heterocycles. The molecule has 6 heteroatoms. The van der Waals surface area contributed by atoms with Crippen LogP contribution in [0, 0.1) is 6.92 Å². The van der Waals surface area contributed by atoms with Crippen molar-refractivity contribution in [3.05, 3.63) is 65.7 Å². The van der Waals surface area contributed by atoms with Gasteiger partial charge in [-0.25, -0.2) is 0 Å². The molecule has 2 unspecified atom stereocenters. The molecular weight excluding hydrogens is 314 g/mol. The van der Waals surface area contributed by atoms with E-state index in [-0.39, 0.29) is 12.2 Å². The number of benzene rings is 2. The van der Waals surface area contributed by atoms with Gasteiger partial charge < -0.3 is 9.64 Å². The van der Waals surface area contributed by atoms with Crippen LogP contribution in [0.3, 0.4) is 0 Å². The van der Waals surface area contributed by atoms with Crippen LogP contribution in [-0.4, -0.2) is 39.4 Å². The Morgan fingerprint density at radius 1 is 1.00 bits per heavy atom. The summed E-state index contributed by atoms with van der Waals surface area (Å²) in [4.78, 5) is 2.20. The van der Waals surface area contributed by atoms with Crippen LogP contribution < -0.4 is 4.90 Å². The van der Waals surface area contributed by atoms with Gasteiger partial charge in [0.15, 0.2) is 0 Å². The maximum absolute atomic E-state index is 6.14. The summed E-state index contributed by atoms with van der Waals surface area (Å²) in [6.45, 7) is 5.64. The van der Waals surface area contributed by atoms with Crippen LogP contribution in [0.25, 0.3) is 5.69 Å². The van der Waals surface area contributed by atoms with Crippen molar-refractivity contribution < 1.29 is 4.74 Å². The SMILES string of the molecule is Cc1ccc(-n2nnnc2N2CC(C)OC(c3ccccc3)C2)cc1. The Morgan fingerprint density at radius 2 is 1.76 bits per heavy atom. The molecule has 4 rings (SSSR count). The van der Waals surface area contributed by atoms with E-state index in [1.54, 1.807) is 4.68 Å². The highest BCUT2D eigenvalue weighted by molar-refractivity contribution is 5.42. The number of aryl methyl sites for hydroxylation is 1. The summed E-state index contributed by atoms with van der Waals surface area (Å²) < 4.78 is 7.93. The van der Waals surface area contributed by atoms with E-state index in [1.807, 2.05) is 30.3 Å². The van der Waals surface area contributed by atoms with Crippen molar-refractivity contribution in [1.82, 2.24) is 20.2 Å². The van der Waals surface area contributed by atoms with Gasteiger partial charge in [0.05, 0.1) is 18.3 Å². The number of nitrogens with zero attached hydrogens (tertiary/aromatic N) is 5. The maximum Gasteiger partial charge on any atom is 0.250 e. The van der Waals surface area contributed by atoms with Gasteiger partial charge in [0.25, 0.3) is 5.95 Å². The van der Waals surface area contributed by atoms with Crippen LogP contribution in [0.5, 0.6) is 0 Å². The minimum atomic E-state index is 0.00752. The summed E-state index contributed by atoms with van der Waals surface area (Å²) in [5, 5.41) is 12.4.